The molecule has 2 fully saturated rings. The first-order chi connectivity index (χ1) is 7.66. The summed E-state index contributed by atoms with van der Waals surface area (Å²) in [6, 6.07) is 0.226. The lowest BCUT2D eigenvalue weighted by Crippen LogP contribution is -2.35. The lowest BCUT2D eigenvalue weighted by molar-refractivity contribution is -0.125. The Labute approximate surface area is 96.9 Å². The van der Waals surface area contributed by atoms with Crippen LogP contribution in [-0.4, -0.2) is 31.2 Å². The molecule has 0 bridgehead atoms. The molecule has 1 aliphatic heterocycles. The Morgan fingerprint density at radius 3 is 2.81 bits per heavy atom. The summed E-state index contributed by atoms with van der Waals surface area (Å²) in [7, 11) is 0. The van der Waals surface area contributed by atoms with Gasteiger partial charge in [0, 0.05) is 31.0 Å². The van der Waals surface area contributed by atoms with E-state index in [1.165, 1.54) is 0 Å². The van der Waals surface area contributed by atoms with Crippen LogP contribution in [0.15, 0.2) is 0 Å². The molecule has 1 amide bonds. The van der Waals surface area contributed by atoms with Gasteiger partial charge in [-0.15, -0.1) is 0 Å². The Hall–Kier alpha value is -0.610. The van der Waals surface area contributed by atoms with Crippen LogP contribution in [0.2, 0.25) is 0 Å². The number of carbonyl (C=O) groups excluding carboxylic acids is 1. The molecule has 4 nitrogen and oxygen atoms in total. The van der Waals surface area contributed by atoms with E-state index in [2.05, 4.69) is 12.2 Å². The van der Waals surface area contributed by atoms with Crippen molar-refractivity contribution in [2.45, 2.75) is 44.8 Å². The molecule has 1 saturated heterocycles. The van der Waals surface area contributed by atoms with E-state index in [0.717, 1.165) is 38.8 Å². The number of amides is 1. The first-order valence-corrected chi connectivity index (χ1v) is 6.31. The summed E-state index contributed by atoms with van der Waals surface area (Å²) in [5, 5.41) is 3.04. The molecule has 0 radical (unpaired) electrons. The van der Waals surface area contributed by atoms with E-state index in [-0.39, 0.29) is 24.0 Å². The van der Waals surface area contributed by atoms with E-state index < -0.39 is 0 Å². The summed E-state index contributed by atoms with van der Waals surface area (Å²) >= 11 is 0. The van der Waals surface area contributed by atoms with E-state index in [4.69, 9.17) is 10.5 Å². The molecule has 92 valence electrons. The van der Waals surface area contributed by atoms with Crippen molar-refractivity contribution >= 4 is 5.91 Å². The van der Waals surface area contributed by atoms with Crippen LogP contribution < -0.4 is 11.1 Å². The lowest BCUT2D eigenvalue weighted by atomic mass is 10.0. The summed E-state index contributed by atoms with van der Waals surface area (Å²) in [5.74, 6) is 0.818. The van der Waals surface area contributed by atoms with Crippen molar-refractivity contribution in [3.05, 3.63) is 0 Å². The molecule has 2 rings (SSSR count). The zero-order valence-electron chi connectivity index (χ0n) is 9.95. The predicted molar refractivity (Wildman–Crippen MR) is 61.8 cm³/mol. The third-order valence-corrected chi connectivity index (χ3v) is 3.92. The number of hydrogen-bond acceptors (Lipinski definition) is 3. The van der Waals surface area contributed by atoms with E-state index >= 15 is 0 Å². The SMILES string of the molecule is CC1OCCC1CNC(=O)C1CCC(N)C1. The molecular weight excluding hydrogens is 204 g/mol. The van der Waals surface area contributed by atoms with Crippen molar-refractivity contribution in [2.24, 2.45) is 17.6 Å². The van der Waals surface area contributed by atoms with Crippen molar-refractivity contribution in [3.63, 3.8) is 0 Å². The number of nitrogens with two attached hydrogens (primary N) is 1. The number of nitrogens with one attached hydrogen (secondary N) is 1. The van der Waals surface area contributed by atoms with Gasteiger partial charge in [-0.2, -0.15) is 0 Å². The number of carbonyl (C=O) groups is 1. The Morgan fingerprint density at radius 2 is 2.25 bits per heavy atom. The van der Waals surface area contributed by atoms with Crippen LogP contribution in [0.1, 0.15) is 32.6 Å². The van der Waals surface area contributed by atoms with Crippen molar-refractivity contribution in [2.75, 3.05) is 13.2 Å². The summed E-state index contributed by atoms with van der Waals surface area (Å²) in [6.07, 6.45) is 4.13. The van der Waals surface area contributed by atoms with Crippen molar-refractivity contribution < 1.29 is 9.53 Å². The smallest absolute Gasteiger partial charge is 0.223 e. The normalized spacial score (nSPS) is 38.9. The minimum absolute atomic E-state index is 0.146. The average Bonchev–Trinajstić information content (AvgIpc) is 2.84. The van der Waals surface area contributed by atoms with E-state index in [0.29, 0.717) is 5.92 Å². The molecule has 3 N–H and O–H groups in total. The highest BCUT2D eigenvalue weighted by Gasteiger charge is 2.29. The minimum atomic E-state index is 0.146. The highest BCUT2D eigenvalue weighted by molar-refractivity contribution is 5.79. The first-order valence-electron chi connectivity index (χ1n) is 6.31. The van der Waals surface area contributed by atoms with Gasteiger partial charge in [0.15, 0.2) is 0 Å². The summed E-state index contributed by atoms with van der Waals surface area (Å²) in [6.45, 7) is 3.66. The molecule has 4 unspecified atom stereocenters. The molecule has 0 aromatic rings. The van der Waals surface area contributed by atoms with Crippen LogP contribution in [-0.2, 0) is 9.53 Å². The van der Waals surface area contributed by atoms with Crippen LogP contribution in [0, 0.1) is 11.8 Å². The van der Waals surface area contributed by atoms with Crippen molar-refractivity contribution in [1.29, 1.82) is 0 Å². The third-order valence-electron chi connectivity index (χ3n) is 3.92. The van der Waals surface area contributed by atoms with Crippen LogP contribution in [0.4, 0.5) is 0 Å². The Bertz CT molecular complexity index is 257. The van der Waals surface area contributed by atoms with Gasteiger partial charge < -0.3 is 15.8 Å². The first kappa shape index (κ1) is 11.9. The molecule has 0 aromatic heterocycles. The Morgan fingerprint density at radius 1 is 1.44 bits per heavy atom. The van der Waals surface area contributed by atoms with Gasteiger partial charge in [0.25, 0.3) is 0 Å². The fourth-order valence-corrected chi connectivity index (χ4v) is 2.67. The molecule has 1 aliphatic carbocycles. The van der Waals surface area contributed by atoms with Gasteiger partial charge in [-0.3, -0.25) is 4.79 Å². The molecule has 16 heavy (non-hydrogen) atoms. The van der Waals surface area contributed by atoms with E-state index in [1.54, 1.807) is 0 Å². The molecule has 4 atom stereocenters. The number of ether oxygens (including phenoxy) is 1. The van der Waals surface area contributed by atoms with Gasteiger partial charge >= 0.3 is 0 Å². The van der Waals surface area contributed by atoms with Gasteiger partial charge in [0.2, 0.25) is 5.91 Å². The highest BCUT2D eigenvalue weighted by atomic mass is 16.5. The monoisotopic (exact) mass is 226 g/mol. The number of rotatable bonds is 3. The number of hydrogen-bond donors (Lipinski definition) is 2. The summed E-state index contributed by atoms with van der Waals surface area (Å²) < 4.78 is 5.47. The molecule has 1 heterocycles. The summed E-state index contributed by atoms with van der Waals surface area (Å²) in [5.41, 5.74) is 5.80. The molecule has 4 heteroatoms. The minimum Gasteiger partial charge on any atom is -0.378 e. The van der Waals surface area contributed by atoms with Crippen LogP contribution in [0.3, 0.4) is 0 Å². The van der Waals surface area contributed by atoms with Crippen LogP contribution in [0.5, 0.6) is 0 Å². The molecule has 2 aliphatic rings. The van der Waals surface area contributed by atoms with E-state index in [9.17, 15) is 4.79 Å². The second-order valence-electron chi connectivity index (χ2n) is 5.14. The molecule has 0 spiro atoms. The zero-order valence-corrected chi connectivity index (χ0v) is 9.95. The zero-order chi connectivity index (χ0) is 11.5. The topological polar surface area (TPSA) is 64.3 Å². The summed E-state index contributed by atoms with van der Waals surface area (Å²) in [4.78, 5) is 11.8. The fourth-order valence-electron chi connectivity index (χ4n) is 2.67. The van der Waals surface area contributed by atoms with E-state index in [1.807, 2.05) is 0 Å². The third kappa shape index (κ3) is 2.74. The maximum Gasteiger partial charge on any atom is 0.223 e. The molecule has 0 aromatic carbocycles. The van der Waals surface area contributed by atoms with Crippen molar-refractivity contribution in [3.8, 4) is 0 Å². The maximum absolute atomic E-state index is 11.8. The average molecular weight is 226 g/mol. The van der Waals surface area contributed by atoms with Crippen LogP contribution in [0.25, 0.3) is 0 Å². The molecule has 1 saturated carbocycles. The van der Waals surface area contributed by atoms with Gasteiger partial charge in [-0.05, 0) is 32.6 Å². The van der Waals surface area contributed by atoms with Gasteiger partial charge in [0.05, 0.1) is 6.10 Å². The second-order valence-corrected chi connectivity index (χ2v) is 5.14. The maximum atomic E-state index is 11.8. The van der Waals surface area contributed by atoms with Crippen molar-refractivity contribution in [1.82, 2.24) is 5.32 Å². The highest BCUT2D eigenvalue weighted by Crippen LogP contribution is 2.24. The van der Waals surface area contributed by atoms with Gasteiger partial charge in [-0.25, -0.2) is 0 Å². The fraction of sp³-hybridized carbons (Fsp3) is 0.917. The quantitative estimate of drug-likeness (QED) is 0.743. The predicted octanol–water partition coefficient (Wildman–Crippen LogP) is 0.655. The Kier molecular flexibility index (Phi) is 3.82. The molecular formula is C12H22N2O2. The van der Waals surface area contributed by atoms with Gasteiger partial charge in [0.1, 0.15) is 0 Å². The van der Waals surface area contributed by atoms with Crippen LogP contribution >= 0.6 is 0 Å². The van der Waals surface area contributed by atoms with Gasteiger partial charge in [-0.1, -0.05) is 0 Å². The standard InChI is InChI=1S/C12H22N2O2/c1-8-10(4-5-16-8)7-14-12(15)9-2-3-11(13)6-9/h8-11H,2-7,13H2,1H3,(H,14,15). The largest absolute Gasteiger partial charge is 0.378 e. The lowest BCUT2D eigenvalue weighted by Gasteiger charge is -2.16. The Balaban J connectivity index is 1.71. The second kappa shape index (κ2) is 5.15.